The highest BCUT2D eigenvalue weighted by Crippen LogP contribution is 2.31. The predicted octanol–water partition coefficient (Wildman–Crippen LogP) is 2.35. The normalized spacial score (nSPS) is 12.3. The third-order valence-electron chi connectivity index (χ3n) is 2.90. The van der Waals surface area contributed by atoms with Crippen LogP contribution in [0.15, 0.2) is 18.2 Å². The minimum Gasteiger partial charge on any atom is -0.331 e. The maximum Gasteiger partial charge on any atom is 0.416 e. The van der Waals surface area contributed by atoms with Crippen molar-refractivity contribution in [2.45, 2.75) is 12.6 Å². The summed E-state index contributed by atoms with van der Waals surface area (Å²) in [7, 11) is 3.64. The van der Waals surface area contributed by atoms with Crippen molar-refractivity contribution in [2.75, 3.05) is 13.6 Å². The molecule has 2 rings (SSSR count). The van der Waals surface area contributed by atoms with Crippen LogP contribution in [-0.4, -0.2) is 23.1 Å². The first-order valence-corrected chi connectivity index (χ1v) is 5.60. The molecular formula is C12H14F3N3. The SMILES string of the molecule is CNCCc1nc2cc(C(F)(F)F)ccc2n1C. The van der Waals surface area contributed by atoms with E-state index in [0.29, 0.717) is 17.5 Å². The number of imidazole rings is 1. The second-order valence-electron chi connectivity index (χ2n) is 4.14. The average molecular weight is 257 g/mol. The van der Waals surface area contributed by atoms with E-state index in [1.54, 1.807) is 0 Å². The third-order valence-corrected chi connectivity index (χ3v) is 2.90. The summed E-state index contributed by atoms with van der Waals surface area (Å²) < 4.78 is 39.6. The van der Waals surface area contributed by atoms with Gasteiger partial charge in [-0.15, -0.1) is 0 Å². The van der Waals surface area contributed by atoms with Crippen LogP contribution in [0, 0.1) is 0 Å². The van der Waals surface area contributed by atoms with Crippen LogP contribution in [0.25, 0.3) is 11.0 Å². The van der Waals surface area contributed by atoms with Crippen molar-refractivity contribution in [1.82, 2.24) is 14.9 Å². The summed E-state index contributed by atoms with van der Waals surface area (Å²) in [5, 5.41) is 2.99. The first kappa shape index (κ1) is 12.9. The van der Waals surface area contributed by atoms with Crippen LogP contribution in [-0.2, 0) is 19.6 Å². The van der Waals surface area contributed by atoms with Gasteiger partial charge < -0.3 is 9.88 Å². The van der Waals surface area contributed by atoms with Gasteiger partial charge in [0, 0.05) is 20.0 Å². The van der Waals surface area contributed by atoms with Crippen molar-refractivity contribution in [3.63, 3.8) is 0 Å². The van der Waals surface area contributed by atoms with Gasteiger partial charge in [-0.25, -0.2) is 4.98 Å². The molecule has 0 saturated heterocycles. The summed E-state index contributed by atoms with van der Waals surface area (Å²) >= 11 is 0. The van der Waals surface area contributed by atoms with Gasteiger partial charge in [-0.1, -0.05) is 0 Å². The highest BCUT2D eigenvalue weighted by molar-refractivity contribution is 5.77. The van der Waals surface area contributed by atoms with Gasteiger partial charge in [0.05, 0.1) is 16.6 Å². The number of hydrogen-bond acceptors (Lipinski definition) is 2. The zero-order valence-corrected chi connectivity index (χ0v) is 10.2. The molecule has 1 aromatic heterocycles. The average Bonchev–Trinajstić information content (AvgIpc) is 2.62. The van der Waals surface area contributed by atoms with Crippen LogP contribution < -0.4 is 5.32 Å². The van der Waals surface area contributed by atoms with E-state index in [2.05, 4.69) is 10.3 Å². The van der Waals surface area contributed by atoms with Crippen molar-refractivity contribution in [1.29, 1.82) is 0 Å². The second kappa shape index (κ2) is 4.61. The Kier molecular flexibility index (Phi) is 3.30. The molecule has 0 fully saturated rings. The van der Waals surface area contributed by atoms with Crippen molar-refractivity contribution in [3.8, 4) is 0 Å². The molecule has 18 heavy (non-hydrogen) atoms. The van der Waals surface area contributed by atoms with E-state index < -0.39 is 11.7 Å². The van der Waals surface area contributed by atoms with Crippen LogP contribution in [0.4, 0.5) is 13.2 Å². The Bertz CT molecular complexity index is 557. The number of aryl methyl sites for hydroxylation is 1. The minimum absolute atomic E-state index is 0.387. The molecular weight excluding hydrogens is 243 g/mol. The van der Waals surface area contributed by atoms with Crippen molar-refractivity contribution < 1.29 is 13.2 Å². The first-order chi connectivity index (χ1) is 8.43. The number of likely N-dealkylation sites (N-methyl/N-ethyl adjacent to an activating group) is 1. The van der Waals surface area contributed by atoms with Gasteiger partial charge in [0.2, 0.25) is 0 Å². The summed E-state index contributed by atoms with van der Waals surface area (Å²) in [5.41, 5.74) is 0.445. The summed E-state index contributed by atoms with van der Waals surface area (Å²) in [6.07, 6.45) is -3.64. The molecule has 0 bridgehead atoms. The lowest BCUT2D eigenvalue weighted by Gasteiger charge is -2.05. The lowest BCUT2D eigenvalue weighted by molar-refractivity contribution is -0.137. The Balaban J connectivity index is 2.45. The van der Waals surface area contributed by atoms with E-state index in [1.807, 2.05) is 18.7 Å². The summed E-state index contributed by atoms with van der Waals surface area (Å²) in [6, 6.07) is 3.65. The molecule has 0 unspecified atom stereocenters. The summed E-state index contributed by atoms with van der Waals surface area (Å²) in [5.74, 6) is 0.777. The van der Waals surface area contributed by atoms with Gasteiger partial charge in [0.1, 0.15) is 5.82 Å². The molecule has 0 amide bonds. The van der Waals surface area contributed by atoms with E-state index in [0.717, 1.165) is 24.5 Å². The van der Waals surface area contributed by atoms with Crippen LogP contribution in [0.2, 0.25) is 0 Å². The number of benzene rings is 1. The van der Waals surface area contributed by atoms with Gasteiger partial charge in [-0.05, 0) is 25.2 Å². The van der Waals surface area contributed by atoms with Crippen LogP contribution >= 0.6 is 0 Å². The molecule has 1 heterocycles. The molecule has 1 aromatic carbocycles. The Labute approximate surface area is 103 Å². The minimum atomic E-state index is -4.32. The number of aromatic nitrogens is 2. The topological polar surface area (TPSA) is 29.9 Å². The maximum atomic E-state index is 12.6. The highest BCUT2D eigenvalue weighted by atomic mass is 19.4. The second-order valence-corrected chi connectivity index (χ2v) is 4.14. The third kappa shape index (κ3) is 2.33. The number of rotatable bonds is 3. The largest absolute Gasteiger partial charge is 0.416 e. The Hall–Kier alpha value is -1.56. The van der Waals surface area contributed by atoms with E-state index in [9.17, 15) is 13.2 Å². The molecule has 98 valence electrons. The number of fused-ring (bicyclic) bond motifs is 1. The number of nitrogens with zero attached hydrogens (tertiary/aromatic N) is 2. The van der Waals surface area contributed by atoms with E-state index in [-0.39, 0.29) is 0 Å². The molecule has 0 radical (unpaired) electrons. The van der Waals surface area contributed by atoms with Crippen LogP contribution in [0.3, 0.4) is 0 Å². The van der Waals surface area contributed by atoms with Gasteiger partial charge in [0.25, 0.3) is 0 Å². The van der Waals surface area contributed by atoms with E-state index in [4.69, 9.17) is 0 Å². The predicted molar refractivity (Wildman–Crippen MR) is 63.3 cm³/mol. The number of alkyl halides is 3. The molecule has 0 spiro atoms. The fraction of sp³-hybridized carbons (Fsp3) is 0.417. The van der Waals surface area contributed by atoms with Gasteiger partial charge in [-0.3, -0.25) is 0 Å². The monoisotopic (exact) mass is 257 g/mol. The Morgan fingerprint density at radius 3 is 2.67 bits per heavy atom. The lowest BCUT2D eigenvalue weighted by Crippen LogP contribution is -2.12. The van der Waals surface area contributed by atoms with Gasteiger partial charge in [0.15, 0.2) is 0 Å². The lowest BCUT2D eigenvalue weighted by atomic mass is 10.2. The molecule has 0 atom stereocenters. The van der Waals surface area contributed by atoms with Crippen molar-refractivity contribution >= 4 is 11.0 Å². The Morgan fingerprint density at radius 1 is 1.33 bits per heavy atom. The zero-order chi connectivity index (χ0) is 13.3. The van der Waals surface area contributed by atoms with E-state index in [1.165, 1.54) is 6.07 Å². The zero-order valence-electron chi connectivity index (χ0n) is 10.2. The van der Waals surface area contributed by atoms with Crippen LogP contribution in [0.5, 0.6) is 0 Å². The Morgan fingerprint density at radius 2 is 2.06 bits per heavy atom. The number of nitrogens with one attached hydrogen (secondary N) is 1. The summed E-state index contributed by atoms with van der Waals surface area (Å²) in [6.45, 7) is 0.739. The van der Waals surface area contributed by atoms with Gasteiger partial charge in [-0.2, -0.15) is 13.2 Å². The molecule has 0 saturated carbocycles. The molecule has 0 aliphatic heterocycles. The molecule has 2 aromatic rings. The standard InChI is InChI=1S/C12H14F3N3/c1-16-6-5-11-17-9-7-8(12(13,14)15)3-4-10(9)18(11)2/h3-4,7,16H,5-6H2,1-2H3. The maximum absolute atomic E-state index is 12.6. The smallest absolute Gasteiger partial charge is 0.331 e. The van der Waals surface area contributed by atoms with Crippen molar-refractivity contribution in [2.24, 2.45) is 7.05 Å². The fourth-order valence-electron chi connectivity index (χ4n) is 1.89. The fourth-order valence-corrected chi connectivity index (χ4v) is 1.89. The summed E-state index contributed by atoms with van der Waals surface area (Å²) in [4.78, 5) is 4.25. The number of halogens is 3. The molecule has 0 aliphatic carbocycles. The molecule has 3 nitrogen and oxygen atoms in total. The quantitative estimate of drug-likeness (QED) is 0.914. The number of hydrogen-bond donors (Lipinski definition) is 1. The molecule has 0 aliphatic rings. The molecule has 6 heteroatoms. The molecule has 1 N–H and O–H groups in total. The van der Waals surface area contributed by atoms with Gasteiger partial charge >= 0.3 is 6.18 Å². The first-order valence-electron chi connectivity index (χ1n) is 5.60. The van der Waals surface area contributed by atoms with Crippen LogP contribution in [0.1, 0.15) is 11.4 Å². The van der Waals surface area contributed by atoms with Crippen molar-refractivity contribution in [3.05, 3.63) is 29.6 Å². The van der Waals surface area contributed by atoms with E-state index >= 15 is 0 Å². The highest BCUT2D eigenvalue weighted by Gasteiger charge is 2.30.